The van der Waals surface area contributed by atoms with Crippen molar-refractivity contribution >= 4 is 30.7 Å². The van der Waals surface area contributed by atoms with E-state index in [1.54, 1.807) is 55.1 Å². The van der Waals surface area contributed by atoms with Crippen molar-refractivity contribution in [3.8, 4) is 5.75 Å². The number of nitrogen functional groups attached to an aromatic ring is 1. The molecule has 0 amide bonds. The number of benzene rings is 1. The molecule has 14 heteroatoms. The maximum Gasteiger partial charge on any atom is 0.459 e. The number of nitrogens with one attached hydrogen (secondary N) is 1. The number of aliphatic hydroxyl groups is 1. The molecule has 0 bridgehead atoms. The Kier molecular flexibility index (Phi) is 7.38. The lowest BCUT2D eigenvalue weighted by molar-refractivity contribution is -0.149. The summed E-state index contributed by atoms with van der Waals surface area (Å²) in [5.41, 5.74) is 5.87. The Morgan fingerprint density at radius 2 is 2.03 bits per heavy atom. The average molecular weight is 561 g/mol. The number of nitrogens with zero attached hydrogens (tertiary/aromatic N) is 4. The molecule has 13 nitrogen and oxygen atoms in total. The van der Waals surface area contributed by atoms with Crippen molar-refractivity contribution < 1.29 is 33.0 Å². The van der Waals surface area contributed by atoms with Crippen LogP contribution in [0.5, 0.6) is 5.75 Å². The maximum atomic E-state index is 13.9. The van der Waals surface area contributed by atoms with Crippen LogP contribution in [0.2, 0.25) is 0 Å². The van der Waals surface area contributed by atoms with Crippen LogP contribution >= 0.6 is 7.75 Å². The van der Waals surface area contributed by atoms with Crippen molar-refractivity contribution in [1.82, 2.24) is 24.6 Å². The average Bonchev–Trinajstić information content (AvgIpc) is 3.28. The minimum atomic E-state index is -4.12. The molecule has 4 N–H and O–H groups in total. The minimum Gasteiger partial charge on any atom is -0.462 e. The fraction of sp³-hybridized carbons (Fsp3) is 0.520. The Labute approximate surface area is 225 Å². The number of esters is 1. The van der Waals surface area contributed by atoms with Crippen LogP contribution in [-0.4, -0.2) is 66.7 Å². The molecule has 3 aromatic rings. The van der Waals surface area contributed by atoms with E-state index in [2.05, 4.69) is 20.0 Å². The molecule has 2 aliphatic rings. The number of fused-ring (bicyclic) bond motifs is 1. The van der Waals surface area contributed by atoms with Crippen LogP contribution in [0.15, 0.2) is 43.0 Å². The lowest BCUT2D eigenvalue weighted by atomic mass is 9.97. The third-order valence-electron chi connectivity index (χ3n) is 6.94. The second-order valence-electron chi connectivity index (χ2n) is 10.3. The van der Waals surface area contributed by atoms with Crippen molar-refractivity contribution in [2.75, 3.05) is 5.73 Å². The molecule has 7 atom stereocenters. The van der Waals surface area contributed by atoms with Crippen LogP contribution < -0.4 is 15.3 Å². The van der Waals surface area contributed by atoms with Gasteiger partial charge in [-0.1, -0.05) is 25.1 Å². The van der Waals surface area contributed by atoms with E-state index in [0.717, 1.165) is 0 Å². The number of anilines is 1. The van der Waals surface area contributed by atoms with Gasteiger partial charge in [0, 0.05) is 12.3 Å². The summed E-state index contributed by atoms with van der Waals surface area (Å²) in [6.07, 6.45) is 0.870. The molecule has 2 fully saturated rings. The number of para-hydroxylation sites is 1. The third-order valence-corrected chi connectivity index (χ3v) is 8.63. The minimum absolute atomic E-state index is 0.277. The zero-order chi connectivity index (χ0) is 27.9. The largest absolute Gasteiger partial charge is 0.462 e. The molecule has 1 saturated carbocycles. The zero-order valence-corrected chi connectivity index (χ0v) is 23.0. The van der Waals surface area contributed by atoms with Gasteiger partial charge in [-0.2, -0.15) is 5.09 Å². The normalized spacial score (nSPS) is 28.5. The number of aliphatic hydroxyl groups excluding tert-OH is 1. The van der Waals surface area contributed by atoms with E-state index in [-0.39, 0.29) is 17.8 Å². The van der Waals surface area contributed by atoms with Crippen LogP contribution in [0.1, 0.15) is 34.1 Å². The standard InChI is InChI=1S/C25H33N6O7P/c1-14(2)35-24(33)16(4)30-39(34,37-17-8-6-5-7-9-17)38-19-10-25(19)21(32)15(3)18(36-25)11-31-13-29-20-22(26)27-12-28-23(20)31/h5-9,12-16,18-19,21,32H,10-11H2,1-4H3,(H,30,34)(H2,26,27,28)/t15-,16-,18+,19-,21+,25-,39?/m1/s1. The molecule has 1 unspecified atom stereocenters. The SMILES string of the molecule is CC(C)OC(=O)[C@@H](C)NP(=O)(Oc1ccccc1)O[C@@H]1C[C@@]12O[C@@H](Cn1cnc3c(N)ncnc31)[C@@H](C)[C@@H]2O. The van der Waals surface area contributed by atoms with Gasteiger partial charge < -0.3 is 29.4 Å². The topological polar surface area (TPSA) is 173 Å². The predicted octanol–water partition coefficient (Wildman–Crippen LogP) is 2.45. The summed E-state index contributed by atoms with van der Waals surface area (Å²) in [5, 5.41) is 13.9. The lowest BCUT2D eigenvalue weighted by Crippen LogP contribution is -2.37. The molecular formula is C25H33N6O7P. The first-order chi connectivity index (χ1) is 18.5. The van der Waals surface area contributed by atoms with Gasteiger partial charge in [0.25, 0.3) is 0 Å². The van der Waals surface area contributed by atoms with Gasteiger partial charge in [-0.3, -0.25) is 9.32 Å². The van der Waals surface area contributed by atoms with Gasteiger partial charge in [-0.05, 0) is 32.9 Å². The quantitative estimate of drug-likeness (QED) is 0.245. The number of imidazole rings is 1. The number of rotatable bonds is 10. The lowest BCUT2D eigenvalue weighted by Gasteiger charge is -2.24. The molecule has 5 rings (SSSR count). The van der Waals surface area contributed by atoms with Crippen molar-refractivity contribution in [2.24, 2.45) is 5.92 Å². The van der Waals surface area contributed by atoms with Crippen molar-refractivity contribution in [3.05, 3.63) is 43.0 Å². The summed E-state index contributed by atoms with van der Waals surface area (Å²) in [7, 11) is -4.12. The highest BCUT2D eigenvalue weighted by Crippen LogP contribution is 2.60. The van der Waals surface area contributed by atoms with Gasteiger partial charge in [0.15, 0.2) is 11.5 Å². The molecule has 1 aliphatic heterocycles. The third kappa shape index (κ3) is 5.50. The first kappa shape index (κ1) is 27.5. The predicted molar refractivity (Wildman–Crippen MR) is 141 cm³/mol. The van der Waals surface area contributed by atoms with Crippen molar-refractivity contribution in [2.45, 2.75) is 76.7 Å². The van der Waals surface area contributed by atoms with Crippen LogP contribution in [0.4, 0.5) is 5.82 Å². The fourth-order valence-electron chi connectivity index (χ4n) is 4.82. The zero-order valence-electron chi connectivity index (χ0n) is 22.1. The Bertz CT molecular complexity index is 1390. The highest BCUT2D eigenvalue weighted by Gasteiger charge is 2.70. The van der Waals surface area contributed by atoms with Crippen LogP contribution in [0, 0.1) is 5.92 Å². The summed E-state index contributed by atoms with van der Waals surface area (Å²) in [6.45, 7) is 7.20. The molecule has 1 saturated heterocycles. The number of ether oxygens (including phenoxy) is 2. The summed E-state index contributed by atoms with van der Waals surface area (Å²) >= 11 is 0. The maximum absolute atomic E-state index is 13.9. The van der Waals surface area contributed by atoms with E-state index in [1.165, 1.54) is 13.3 Å². The molecule has 3 heterocycles. The van der Waals surface area contributed by atoms with Crippen molar-refractivity contribution in [3.63, 3.8) is 0 Å². The van der Waals surface area contributed by atoms with E-state index in [1.807, 2.05) is 6.92 Å². The summed E-state index contributed by atoms with van der Waals surface area (Å²) in [5.74, 6) is -0.310. The van der Waals surface area contributed by atoms with E-state index < -0.39 is 43.7 Å². The Morgan fingerprint density at radius 3 is 2.74 bits per heavy atom. The molecule has 210 valence electrons. The van der Waals surface area contributed by atoms with Crippen LogP contribution in [0.25, 0.3) is 11.2 Å². The monoisotopic (exact) mass is 560 g/mol. The van der Waals surface area contributed by atoms with Gasteiger partial charge in [0.05, 0.1) is 31.2 Å². The summed E-state index contributed by atoms with van der Waals surface area (Å²) < 4.78 is 39.1. The van der Waals surface area contributed by atoms with Gasteiger partial charge >= 0.3 is 13.7 Å². The van der Waals surface area contributed by atoms with Crippen molar-refractivity contribution in [1.29, 1.82) is 0 Å². The Hall–Kier alpha value is -3.09. The van der Waals surface area contributed by atoms with Gasteiger partial charge in [-0.15, -0.1) is 0 Å². The molecule has 2 aromatic heterocycles. The van der Waals surface area contributed by atoms with E-state index in [4.69, 9.17) is 24.3 Å². The van der Waals surface area contributed by atoms with E-state index >= 15 is 0 Å². The van der Waals surface area contributed by atoms with Gasteiger partial charge in [-0.25, -0.2) is 19.5 Å². The van der Waals surface area contributed by atoms with Crippen LogP contribution in [0.3, 0.4) is 0 Å². The number of carbonyl (C=O) groups excluding carboxylic acids is 1. The Balaban J connectivity index is 1.32. The first-order valence-electron chi connectivity index (χ1n) is 12.8. The second-order valence-corrected chi connectivity index (χ2v) is 11.9. The number of hydrogen-bond donors (Lipinski definition) is 3. The number of aromatic nitrogens is 4. The molecule has 1 aromatic carbocycles. The smallest absolute Gasteiger partial charge is 0.459 e. The highest BCUT2D eigenvalue weighted by molar-refractivity contribution is 7.52. The van der Waals surface area contributed by atoms with E-state index in [0.29, 0.717) is 29.9 Å². The second kappa shape index (κ2) is 10.5. The molecule has 1 spiro atoms. The molecular weight excluding hydrogens is 527 g/mol. The Morgan fingerprint density at radius 1 is 1.28 bits per heavy atom. The summed E-state index contributed by atoms with van der Waals surface area (Å²) in [6, 6.07) is 7.51. The molecule has 1 aliphatic carbocycles. The first-order valence-corrected chi connectivity index (χ1v) is 14.3. The van der Waals surface area contributed by atoms with Gasteiger partial charge in [0.1, 0.15) is 35.3 Å². The summed E-state index contributed by atoms with van der Waals surface area (Å²) in [4.78, 5) is 25.0. The number of hydrogen-bond acceptors (Lipinski definition) is 11. The molecule has 39 heavy (non-hydrogen) atoms. The van der Waals surface area contributed by atoms with Crippen LogP contribution in [-0.2, 0) is 29.9 Å². The number of nitrogens with two attached hydrogens (primary N) is 1. The van der Waals surface area contributed by atoms with E-state index in [9.17, 15) is 14.5 Å². The molecule has 0 radical (unpaired) electrons. The fourth-order valence-corrected chi connectivity index (χ4v) is 6.54. The number of carbonyl (C=O) groups is 1. The van der Waals surface area contributed by atoms with Gasteiger partial charge in [0.2, 0.25) is 0 Å². The highest BCUT2D eigenvalue weighted by atomic mass is 31.2.